The number of nitrogens with zero attached hydrogens (tertiary/aromatic N) is 1. The average molecular weight is 1000 g/mol. The fourth-order valence-electron chi connectivity index (χ4n) is 12.0. The second kappa shape index (κ2) is 18.9. The van der Waals surface area contributed by atoms with Crippen LogP contribution in [-0.2, 0) is 17.3 Å². The van der Waals surface area contributed by atoms with E-state index in [1.165, 1.54) is 108 Å². The first-order valence-electron chi connectivity index (χ1n) is 26.7. The van der Waals surface area contributed by atoms with Crippen molar-refractivity contribution >= 4 is 91.7 Å². The molecule has 13 rings (SSSR count). The van der Waals surface area contributed by atoms with E-state index in [1.54, 1.807) is 0 Å². The molecular formula is C71H60BNS2. The maximum Gasteiger partial charge on any atom is 0.247 e. The second-order valence-corrected chi connectivity index (χ2v) is 24.9. The minimum absolute atomic E-state index is 0.0194. The third kappa shape index (κ3) is 8.67. The van der Waals surface area contributed by atoms with Gasteiger partial charge >= 0.3 is 0 Å². The highest BCUT2D eigenvalue weighted by atomic mass is 32.2. The Morgan fingerprint density at radius 2 is 1.09 bits per heavy atom. The lowest BCUT2D eigenvalue weighted by Crippen LogP contribution is -2.58. The average Bonchev–Trinajstić information content (AvgIpc) is 3.72. The van der Waals surface area contributed by atoms with Crippen LogP contribution in [0, 0.1) is 0 Å². The number of hydrogen-bond donors (Lipinski definition) is 0. The summed E-state index contributed by atoms with van der Waals surface area (Å²) in [4.78, 5) is 7.80. The molecule has 0 saturated heterocycles. The minimum atomic E-state index is -0.0194. The van der Waals surface area contributed by atoms with Crippen LogP contribution in [0.2, 0.25) is 0 Å². The standard InChI is InChI=1S/C71H60BNS2/c1-70(2,3)52-40-49(41-53(44-52)71(4,5)6)47-37-48(39-51(38-47)68-59-30-18-10-17-29-57(59)67(46-23-11-7-12-24-46)58-31-19-20-32-60(58)68)50-42-65-69-66(43-50)75-64-45-56(35-36-62(64)72(69)61-33-21-22-34-63(61)74-65)73(54-25-13-8-14-26-54)55-27-15-9-16-28-55/h7-29,31-38,40-45,48H,30,39H2,1-6H3. The zero-order valence-corrected chi connectivity index (χ0v) is 45.3. The molecule has 4 heteroatoms. The molecule has 9 aromatic rings. The number of rotatable bonds is 7. The summed E-state index contributed by atoms with van der Waals surface area (Å²) in [6.07, 6.45) is 16.2. The first kappa shape index (κ1) is 47.5. The Balaban J connectivity index is 1.01. The van der Waals surface area contributed by atoms with Crippen LogP contribution < -0.4 is 21.3 Å². The molecule has 0 N–H and O–H groups in total. The number of hydrogen-bond acceptors (Lipinski definition) is 3. The smallest absolute Gasteiger partial charge is 0.247 e. The highest BCUT2D eigenvalue weighted by Gasteiger charge is 2.39. The van der Waals surface area contributed by atoms with Crippen molar-refractivity contribution in [2.45, 2.75) is 90.7 Å². The predicted molar refractivity (Wildman–Crippen MR) is 325 cm³/mol. The predicted octanol–water partition coefficient (Wildman–Crippen LogP) is 17.8. The van der Waals surface area contributed by atoms with Crippen LogP contribution in [0.15, 0.2) is 238 Å². The van der Waals surface area contributed by atoms with Crippen LogP contribution in [0.5, 0.6) is 0 Å². The van der Waals surface area contributed by atoms with E-state index in [4.69, 9.17) is 0 Å². The van der Waals surface area contributed by atoms with Crippen molar-refractivity contribution in [2.75, 3.05) is 4.90 Å². The van der Waals surface area contributed by atoms with Crippen LogP contribution in [0.1, 0.15) is 92.8 Å². The highest BCUT2D eigenvalue weighted by molar-refractivity contribution is 8.01. The lowest BCUT2D eigenvalue weighted by molar-refractivity contribution is 0.568. The molecule has 9 aromatic carbocycles. The molecule has 4 aliphatic rings. The van der Waals surface area contributed by atoms with Gasteiger partial charge < -0.3 is 4.90 Å². The number of fused-ring (bicyclic) bond motifs is 6. The van der Waals surface area contributed by atoms with Crippen molar-refractivity contribution in [3.8, 4) is 11.1 Å². The number of benzene rings is 9. The normalized spacial score (nSPS) is 15.5. The van der Waals surface area contributed by atoms with Crippen molar-refractivity contribution in [3.63, 3.8) is 0 Å². The summed E-state index contributed by atoms with van der Waals surface area (Å²) in [7, 11) is 0. The fourth-order valence-corrected chi connectivity index (χ4v) is 14.6. The molecule has 2 heterocycles. The quantitative estimate of drug-likeness (QED) is 0.147. The van der Waals surface area contributed by atoms with Crippen LogP contribution in [0.25, 0.3) is 39.1 Å². The molecule has 0 amide bonds. The molecule has 2 aliphatic heterocycles. The molecule has 0 saturated carbocycles. The first-order valence-corrected chi connectivity index (χ1v) is 28.3. The van der Waals surface area contributed by atoms with Gasteiger partial charge in [0.1, 0.15) is 0 Å². The zero-order valence-electron chi connectivity index (χ0n) is 43.7. The molecular weight excluding hydrogens is 942 g/mol. The molecule has 1 nitrogen and oxygen atoms in total. The van der Waals surface area contributed by atoms with Gasteiger partial charge in [0.05, 0.1) is 0 Å². The maximum absolute atomic E-state index is 2.63. The van der Waals surface area contributed by atoms with Crippen molar-refractivity contribution < 1.29 is 0 Å². The fraction of sp³-hybridized carbons (Fsp3) is 0.155. The Bertz CT molecular complexity index is 3780. The van der Waals surface area contributed by atoms with Gasteiger partial charge in [0.2, 0.25) is 6.71 Å². The first-order chi connectivity index (χ1) is 36.4. The van der Waals surface area contributed by atoms with Crippen LogP contribution >= 0.6 is 23.5 Å². The monoisotopic (exact) mass is 1000 g/mol. The van der Waals surface area contributed by atoms with Crippen molar-refractivity contribution in [1.29, 1.82) is 0 Å². The summed E-state index contributed by atoms with van der Waals surface area (Å²) in [6, 6.07) is 70.8. The SMILES string of the molecule is CC(C)(C)c1cc(C2=CC(c3cc4c5c(c3)Sc3cc(N(c6ccccc6)c6ccccc6)ccc3B5c3ccccc3S4)CC(c3c4c(c(-c5ccccc5)c5ccccc35)C=CC=CC4)=C2)cc(C(C)(C)C)c1. The summed E-state index contributed by atoms with van der Waals surface area (Å²) >= 11 is 3.92. The maximum atomic E-state index is 2.63. The molecule has 0 fully saturated rings. The minimum Gasteiger partial charge on any atom is -0.310 e. The molecule has 75 heavy (non-hydrogen) atoms. The van der Waals surface area contributed by atoms with E-state index >= 15 is 0 Å². The number of allylic oxidation sites excluding steroid dienone is 7. The van der Waals surface area contributed by atoms with Crippen molar-refractivity contribution in [1.82, 2.24) is 0 Å². The van der Waals surface area contributed by atoms with E-state index in [1.807, 2.05) is 23.5 Å². The summed E-state index contributed by atoms with van der Waals surface area (Å²) in [6.45, 7) is 14.3. The third-order valence-corrected chi connectivity index (χ3v) is 18.1. The Hall–Kier alpha value is -7.24. The lowest BCUT2D eigenvalue weighted by Gasteiger charge is -2.35. The van der Waals surface area contributed by atoms with Crippen LogP contribution in [0.3, 0.4) is 0 Å². The van der Waals surface area contributed by atoms with Crippen LogP contribution in [-0.4, -0.2) is 6.71 Å². The lowest BCUT2D eigenvalue weighted by atomic mass is 9.36. The molecule has 364 valence electrons. The van der Waals surface area contributed by atoms with Gasteiger partial charge in [-0.15, -0.1) is 0 Å². The van der Waals surface area contributed by atoms with Gasteiger partial charge in [-0.1, -0.05) is 246 Å². The van der Waals surface area contributed by atoms with Gasteiger partial charge in [-0.3, -0.25) is 0 Å². The summed E-state index contributed by atoms with van der Waals surface area (Å²) < 4.78 is 0. The topological polar surface area (TPSA) is 3.24 Å². The van der Waals surface area contributed by atoms with E-state index in [9.17, 15) is 0 Å². The Labute approximate surface area is 452 Å². The molecule has 0 bridgehead atoms. The van der Waals surface area contributed by atoms with Crippen LogP contribution in [0.4, 0.5) is 17.1 Å². The number of anilines is 3. The molecule has 0 aromatic heterocycles. The van der Waals surface area contributed by atoms with E-state index < -0.39 is 0 Å². The largest absolute Gasteiger partial charge is 0.310 e. The second-order valence-electron chi connectivity index (χ2n) is 22.8. The molecule has 1 unspecified atom stereocenters. The van der Waals surface area contributed by atoms with Gasteiger partial charge in [0.25, 0.3) is 0 Å². The van der Waals surface area contributed by atoms with Gasteiger partial charge in [-0.05, 0) is 156 Å². The van der Waals surface area contributed by atoms with E-state index in [-0.39, 0.29) is 23.5 Å². The van der Waals surface area contributed by atoms with Crippen molar-refractivity contribution in [3.05, 3.63) is 257 Å². The summed E-state index contributed by atoms with van der Waals surface area (Å²) in [5.41, 5.74) is 22.4. The van der Waals surface area contributed by atoms with Crippen molar-refractivity contribution in [2.24, 2.45) is 0 Å². The molecule has 0 spiro atoms. The van der Waals surface area contributed by atoms with Gasteiger partial charge in [-0.2, -0.15) is 0 Å². The Kier molecular flexibility index (Phi) is 11.9. The number of para-hydroxylation sites is 2. The summed E-state index contributed by atoms with van der Waals surface area (Å²) in [5, 5.41) is 2.62. The zero-order chi connectivity index (χ0) is 51.0. The van der Waals surface area contributed by atoms with E-state index in [0.29, 0.717) is 0 Å². The van der Waals surface area contributed by atoms with E-state index in [0.717, 1.165) is 29.9 Å². The molecule has 1 atom stereocenters. The molecule has 2 aliphatic carbocycles. The van der Waals surface area contributed by atoms with Gasteiger partial charge in [0.15, 0.2) is 0 Å². The Morgan fingerprint density at radius 1 is 0.507 bits per heavy atom. The van der Waals surface area contributed by atoms with E-state index in [2.05, 4.69) is 271 Å². The summed E-state index contributed by atoms with van der Waals surface area (Å²) in [5.74, 6) is 0.120. The Morgan fingerprint density at radius 3 is 1.76 bits per heavy atom. The van der Waals surface area contributed by atoms with Gasteiger partial charge in [-0.25, -0.2) is 0 Å². The third-order valence-electron chi connectivity index (χ3n) is 15.8. The highest BCUT2D eigenvalue weighted by Crippen LogP contribution is 2.50. The molecule has 0 radical (unpaired) electrons. The van der Waals surface area contributed by atoms with Gasteiger partial charge in [0, 0.05) is 42.6 Å².